The Morgan fingerprint density at radius 3 is 2.41 bits per heavy atom. The first-order chi connectivity index (χ1) is 7.81. The van der Waals surface area contributed by atoms with E-state index in [-0.39, 0.29) is 11.1 Å². The van der Waals surface area contributed by atoms with Gasteiger partial charge in [0.2, 0.25) is 0 Å². The lowest BCUT2D eigenvalue weighted by Crippen LogP contribution is -2.05. The van der Waals surface area contributed by atoms with Gasteiger partial charge < -0.3 is 5.11 Å². The molecule has 1 aromatic carbocycles. The second-order valence-electron chi connectivity index (χ2n) is 3.06. The van der Waals surface area contributed by atoms with E-state index in [9.17, 15) is 17.2 Å². The van der Waals surface area contributed by atoms with Gasteiger partial charge in [0.1, 0.15) is 0 Å². The molecule has 17 heavy (non-hydrogen) atoms. The number of nitrogens with zero attached hydrogens (tertiary/aromatic N) is 1. The lowest BCUT2D eigenvalue weighted by Gasteiger charge is -2.10. The molecule has 0 amide bonds. The third-order valence-electron chi connectivity index (χ3n) is 1.97. The Balaban J connectivity index is 3.72. The monoisotopic (exact) mass is 281 g/mol. The lowest BCUT2D eigenvalue weighted by atomic mass is 10.1. The first kappa shape index (κ1) is 13.8. The third kappa shape index (κ3) is 2.91. The highest BCUT2D eigenvalue weighted by Gasteiger charge is 2.26. The molecule has 8 heteroatoms. The molecule has 0 heterocycles. The molecule has 1 rings (SSSR count). The number of alkyl halides is 2. The number of aliphatic hydroxyl groups is 1. The largest absolute Gasteiger partial charge is 0.392 e. The molecule has 0 saturated heterocycles. The number of aliphatic hydroxyl groups excluding tert-OH is 1. The summed E-state index contributed by atoms with van der Waals surface area (Å²) in [6.45, 7) is -0.809. The fourth-order valence-corrected chi connectivity index (χ4v) is 2.79. The number of benzene rings is 1. The van der Waals surface area contributed by atoms with Gasteiger partial charge in [0, 0.05) is 16.2 Å². The van der Waals surface area contributed by atoms with E-state index in [1.54, 1.807) is 6.07 Å². The first-order valence-corrected chi connectivity index (χ1v) is 6.52. The lowest BCUT2D eigenvalue weighted by molar-refractivity contribution is 0.147. The van der Waals surface area contributed by atoms with E-state index in [4.69, 9.17) is 21.1 Å². The van der Waals surface area contributed by atoms with Gasteiger partial charge in [0.15, 0.2) is 0 Å². The van der Waals surface area contributed by atoms with Crippen LogP contribution in [0.3, 0.4) is 0 Å². The van der Waals surface area contributed by atoms with Gasteiger partial charge in [0.05, 0.1) is 23.1 Å². The van der Waals surface area contributed by atoms with Gasteiger partial charge in [-0.25, -0.2) is 17.2 Å². The Morgan fingerprint density at radius 1 is 1.47 bits per heavy atom. The Labute approximate surface area is 100 Å². The zero-order chi connectivity index (χ0) is 13.2. The van der Waals surface area contributed by atoms with Gasteiger partial charge in [-0.2, -0.15) is 5.26 Å². The summed E-state index contributed by atoms with van der Waals surface area (Å²) < 4.78 is 47.7. The van der Waals surface area contributed by atoms with Crippen molar-refractivity contribution in [2.24, 2.45) is 0 Å². The number of halogens is 3. The van der Waals surface area contributed by atoms with Crippen LogP contribution in [0.15, 0.2) is 17.0 Å². The second-order valence-corrected chi connectivity index (χ2v) is 5.56. The van der Waals surface area contributed by atoms with Crippen LogP contribution in [0, 0.1) is 11.3 Å². The van der Waals surface area contributed by atoms with Gasteiger partial charge >= 0.3 is 0 Å². The molecule has 0 fully saturated rings. The SMILES string of the molecule is N#Cc1cc(CO)c(S(=O)(=O)Cl)c(C(F)F)c1. The predicted octanol–water partition coefficient (Wildman–Crippen LogP) is 1.92. The summed E-state index contributed by atoms with van der Waals surface area (Å²) >= 11 is 0. The highest BCUT2D eigenvalue weighted by atomic mass is 35.7. The minimum absolute atomic E-state index is 0.173. The number of hydrogen-bond donors (Lipinski definition) is 1. The van der Waals surface area contributed by atoms with Crippen LogP contribution in [0.4, 0.5) is 8.78 Å². The van der Waals surface area contributed by atoms with E-state index in [0.29, 0.717) is 0 Å². The van der Waals surface area contributed by atoms with E-state index in [1.807, 2.05) is 0 Å². The van der Waals surface area contributed by atoms with Gasteiger partial charge in [-0.1, -0.05) is 0 Å². The Morgan fingerprint density at radius 2 is 2.06 bits per heavy atom. The van der Waals surface area contributed by atoms with Crippen molar-refractivity contribution >= 4 is 19.7 Å². The van der Waals surface area contributed by atoms with Gasteiger partial charge in [-0.05, 0) is 17.7 Å². The van der Waals surface area contributed by atoms with E-state index in [1.165, 1.54) is 0 Å². The quantitative estimate of drug-likeness (QED) is 0.859. The molecular formula is C9H6ClF2NO3S. The molecule has 0 aliphatic rings. The van der Waals surface area contributed by atoms with Crippen molar-refractivity contribution in [2.75, 3.05) is 0 Å². The average Bonchev–Trinajstić information content (AvgIpc) is 2.25. The second kappa shape index (κ2) is 4.96. The van der Waals surface area contributed by atoms with Crippen LogP contribution in [0.1, 0.15) is 23.1 Å². The summed E-state index contributed by atoms with van der Waals surface area (Å²) in [5.74, 6) is 0. The molecule has 1 aromatic rings. The molecule has 0 aliphatic heterocycles. The summed E-state index contributed by atoms with van der Waals surface area (Å²) in [6, 6.07) is 3.33. The van der Waals surface area contributed by atoms with Crippen LogP contribution >= 0.6 is 10.7 Å². The maximum atomic E-state index is 12.7. The standard InChI is InChI=1S/C9H6ClF2NO3S/c10-17(15,16)8-6(4-14)1-5(3-13)2-7(8)9(11)12/h1-2,9,14H,4H2. The van der Waals surface area contributed by atoms with E-state index >= 15 is 0 Å². The van der Waals surface area contributed by atoms with Crippen LogP contribution < -0.4 is 0 Å². The molecule has 0 radical (unpaired) electrons. The zero-order valence-electron chi connectivity index (χ0n) is 8.19. The Bertz CT molecular complexity index is 581. The Hall–Kier alpha value is -1.23. The van der Waals surface area contributed by atoms with Crippen molar-refractivity contribution < 1.29 is 22.3 Å². The highest BCUT2D eigenvalue weighted by molar-refractivity contribution is 8.13. The van der Waals surface area contributed by atoms with Crippen LogP contribution in [-0.4, -0.2) is 13.5 Å². The summed E-state index contributed by atoms with van der Waals surface area (Å²) in [5, 5.41) is 17.5. The van der Waals surface area contributed by atoms with E-state index < -0.39 is 32.5 Å². The van der Waals surface area contributed by atoms with Crippen molar-refractivity contribution in [1.82, 2.24) is 0 Å². The first-order valence-electron chi connectivity index (χ1n) is 4.21. The normalized spacial score (nSPS) is 11.5. The van der Waals surface area contributed by atoms with E-state index in [0.717, 1.165) is 12.1 Å². The van der Waals surface area contributed by atoms with Crippen molar-refractivity contribution in [3.63, 3.8) is 0 Å². The summed E-state index contributed by atoms with van der Waals surface area (Å²) in [4.78, 5) is -0.837. The fourth-order valence-electron chi connectivity index (χ4n) is 1.35. The molecular weight excluding hydrogens is 276 g/mol. The molecule has 0 aliphatic carbocycles. The van der Waals surface area contributed by atoms with Gasteiger partial charge in [0.25, 0.3) is 15.5 Å². The molecule has 4 nitrogen and oxygen atoms in total. The van der Waals surface area contributed by atoms with Crippen LogP contribution in [0.5, 0.6) is 0 Å². The van der Waals surface area contributed by atoms with Crippen LogP contribution in [0.25, 0.3) is 0 Å². The van der Waals surface area contributed by atoms with E-state index in [2.05, 4.69) is 0 Å². The topological polar surface area (TPSA) is 78.2 Å². The molecule has 0 atom stereocenters. The van der Waals surface area contributed by atoms with Crippen LogP contribution in [-0.2, 0) is 15.7 Å². The number of nitriles is 1. The van der Waals surface area contributed by atoms with Crippen molar-refractivity contribution in [3.05, 3.63) is 28.8 Å². The summed E-state index contributed by atoms with van der Waals surface area (Å²) in [6.07, 6.45) is -3.11. The van der Waals surface area contributed by atoms with Crippen molar-refractivity contribution in [3.8, 4) is 6.07 Å². The number of rotatable bonds is 3. The smallest absolute Gasteiger partial charge is 0.265 e. The average molecular weight is 282 g/mol. The third-order valence-corrected chi connectivity index (χ3v) is 3.42. The summed E-state index contributed by atoms with van der Waals surface area (Å²) in [7, 11) is 0.609. The molecule has 0 unspecified atom stereocenters. The van der Waals surface area contributed by atoms with Gasteiger partial charge in [-0.15, -0.1) is 0 Å². The van der Waals surface area contributed by atoms with Gasteiger partial charge in [-0.3, -0.25) is 0 Å². The summed E-state index contributed by atoms with van der Waals surface area (Å²) in [5.41, 5.74) is -1.38. The maximum absolute atomic E-state index is 12.7. The number of hydrogen-bond acceptors (Lipinski definition) is 4. The minimum atomic E-state index is -4.42. The van der Waals surface area contributed by atoms with Crippen molar-refractivity contribution in [1.29, 1.82) is 5.26 Å². The predicted molar refractivity (Wildman–Crippen MR) is 55.1 cm³/mol. The van der Waals surface area contributed by atoms with Crippen LogP contribution in [0.2, 0.25) is 0 Å². The molecule has 0 spiro atoms. The molecule has 0 saturated carbocycles. The molecule has 92 valence electrons. The molecule has 1 N–H and O–H groups in total. The molecule has 0 aromatic heterocycles. The minimum Gasteiger partial charge on any atom is -0.392 e. The Kier molecular flexibility index (Phi) is 4.03. The van der Waals surface area contributed by atoms with Crippen molar-refractivity contribution in [2.45, 2.75) is 17.9 Å². The highest BCUT2D eigenvalue weighted by Crippen LogP contribution is 2.32. The fraction of sp³-hybridized carbons (Fsp3) is 0.222. The zero-order valence-corrected chi connectivity index (χ0v) is 9.76. The molecule has 0 bridgehead atoms. The maximum Gasteiger partial charge on any atom is 0.265 e.